The molecule has 0 fully saturated rings. The zero-order chi connectivity index (χ0) is 20.3. The van der Waals surface area contributed by atoms with Crippen LogP contribution in [-0.2, 0) is 11.8 Å². The van der Waals surface area contributed by atoms with Crippen molar-refractivity contribution in [3.63, 3.8) is 0 Å². The standard InChI is InChI=1S/C21H18Cl3N3O/c1-26-10-9-25-21(26)20(15-4-6-16(22)7-5-15)27(2)19(28)8-3-14-11-17(23)13-18(24)12-14/h3-13,20H,1-2H3/b8-3+. The highest BCUT2D eigenvalue weighted by molar-refractivity contribution is 6.34. The molecule has 0 bridgehead atoms. The molecule has 0 saturated carbocycles. The van der Waals surface area contributed by atoms with E-state index in [1.807, 2.05) is 29.9 Å². The molecule has 7 heteroatoms. The first-order valence-electron chi connectivity index (χ1n) is 8.49. The van der Waals surface area contributed by atoms with Crippen molar-refractivity contribution in [2.24, 2.45) is 7.05 Å². The number of imidazole rings is 1. The summed E-state index contributed by atoms with van der Waals surface area (Å²) in [5.41, 5.74) is 1.66. The molecule has 0 radical (unpaired) electrons. The molecule has 28 heavy (non-hydrogen) atoms. The third-order valence-corrected chi connectivity index (χ3v) is 5.02. The monoisotopic (exact) mass is 433 g/mol. The van der Waals surface area contributed by atoms with Gasteiger partial charge in [-0.15, -0.1) is 0 Å². The van der Waals surface area contributed by atoms with Crippen molar-refractivity contribution in [2.45, 2.75) is 6.04 Å². The molecule has 1 unspecified atom stereocenters. The Morgan fingerprint density at radius 3 is 2.29 bits per heavy atom. The normalized spacial score (nSPS) is 12.3. The second-order valence-corrected chi connectivity index (χ2v) is 7.64. The van der Waals surface area contributed by atoms with Gasteiger partial charge in [0.15, 0.2) is 0 Å². The van der Waals surface area contributed by atoms with Crippen LogP contribution in [0.4, 0.5) is 0 Å². The van der Waals surface area contributed by atoms with Crippen LogP contribution in [0.2, 0.25) is 15.1 Å². The summed E-state index contributed by atoms with van der Waals surface area (Å²) in [6, 6.07) is 12.2. The number of amides is 1. The third kappa shape index (κ3) is 4.76. The van der Waals surface area contributed by atoms with Crippen LogP contribution in [0.15, 0.2) is 60.9 Å². The maximum Gasteiger partial charge on any atom is 0.247 e. The van der Waals surface area contributed by atoms with E-state index in [0.29, 0.717) is 15.1 Å². The highest BCUT2D eigenvalue weighted by Crippen LogP contribution is 2.28. The average molecular weight is 435 g/mol. The van der Waals surface area contributed by atoms with Crippen LogP contribution in [0.5, 0.6) is 0 Å². The quantitative estimate of drug-likeness (QED) is 0.487. The van der Waals surface area contributed by atoms with Crippen molar-refractivity contribution in [1.29, 1.82) is 0 Å². The molecular weight excluding hydrogens is 417 g/mol. The minimum atomic E-state index is -0.364. The molecule has 2 aromatic carbocycles. The van der Waals surface area contributed by atoms with Crippen LogP contribution in [-0.4, -0.2) is 27.4 Å². The Balaban J connectivity index is 1.91. The number of benzene rings is 2. The Morgan fingerprint density at radius 2 is 1.71 bits per heavy atom. The lowest BCUT2D eigenvalue weighted by molar-refractivity contribution is -0.126. The summed E-state index contributed by atoms with van der Waals surface area (Å²) in [4.78, 5) is 19.0. The number of aryl methyl sites for hydroxylation is 1. The smallest absolute Gasteiger partial charge is 0.247 e. The van der Waals surface area contributed by atoms with Gasteiger partial charge < -0.3 is 9.47 Å². The van der Waals surface area contributed by atoms with Gasteiger partial charge in [0, 0.05) is 47.6 Å². The van der Waals surface area contributed by atoms with Crippen molar-refractivity contribution in [1.82, 2.24) is 14.5 Å². The van der Waals surface area contributed by atoms with Crippen LogP contribution in [0.25, 0.3) is 6.08 Å². The Bertz CT molecular complexity index is 992. The first-order valence-corrected chi connectivity index (χ1v) is 9.62. The van der Waals surface area contributed by atoms with Gasteiger partial charge >= 0.3 is 0 Å². The van der Waals surface area contributed by atoms with Crippen molar-refractivity contribution < 1.29 is 4.79 Å². The fourth-order valence-corrected chi connectivity index (χ4v) is 3.58. The van der Waals surface area contributed by atoms with Crippen LogP contribution < -0.4 is 0 Å². The summed E-state index contributed by atoms with van der Waals surface area (Å²) in [5.74, 6) is 0.566. The molecule has 1 atom stereocenters. The summed E-state index contributed by atoms with van der Waals surface area (Å²) < 4.78 is 1.89. The van der Waals surface area contributed by atoms with E-state index in [1.54, 1.807) is 54.6 Å². The van der Waals surface area contributed by atoms with Crippen LogP contribution >= 0.6 is 34.8 Å². The molecular formula is C21H18Cl3N3O. The van der Waals surface area contributed by atoms with Gasteiger partial charge in [-0.2, -0.15) is 0 Å². The Labute approximate surface area is 179 Å². The first kappa shape index (κ1) is 20.5. The minimum absolute atomic E-state index is 0.181. The van der Waals surface area contributed by atoms with E-state index in [-0.39, 0.29) is 11.9 Å². The molecule has 3 aromatic rings. The molecule has 0 spiro atoms. The maximum absolute atomic E-state index is 12.9. The predicted octanol–water partition coefficient (Wildman–Crippen LogP) is 5.64. The van der Waals surface area contributed by atoms with E-state index in [1.165, 1.54) is 6.08 Å². The summed E-state index contributed by atoms with van der Waals surface area (Å²) in [6.45, 7) is 0. The summed E-state index contributed by atoms with van der Waals surface area (Å²) in [5, 5.41) is 1.66. The topological polar surface area (TPSA) is 38.1 Å². The zero-order valence-electron chi connectivity index (χ0n) is 15.3. The van der Waals surface area contributed by atoms with Gasteiger partial charge in [0.05, 0.1) is 0 Å². The van der Waals surface area contributed by atoms with Crippen molar-refractivity contribution in [3.05, 3.63) is 93.0 Å². The molecule has 0 aliphatic carbocycles. The average Bonchev–Trinajstić information content (AvgIpc) is 3.06. The molecule has 4 nitrogen and oxygen atoms in total. The Kier molecular flexibility index (Phi) is 6.45. The van der Waals surface area contributed by atoms with Crippen LogP contribution in [0, 0.1) is 0 Å². The maximum atomic E-state index is 12.9. The third-order valence-electron chi connectivity index (χ3n) is 4.33. The molecule has 3 rings (SSSR count). The van der Waals surface area contributed by atoms with Gasteiger partial charge in [-0.3, -0.25) is 4.79 Å². The number of halogens is 3. The number of hydrogen-bond acceptors (Lipinski definition) is 2. The zero-order valence-corrected chi connectivity index (χ0v) is 17.6. The van der Waals surface area contributed by atoms with Gasteiger partial charge in [0.25, 0.3) is 0 Å². The van der Waals surface area contributed by atoms with E-state index < -0.39 is 0 Å². The van der Waals surface area contributed by atoms with Crippen molar-refractivity contribution in [2.75, 3.05) is 7.05 Å². The number of likely N-dealkylation sites (N-methyl/N-ethyl adjacent to an activating group) is 1. The molecule has 0 aliphatic heterocycles. The highest BCUT2D eigenvalue weighted by Gasteiger charge is 2.25. The number of hydrogen-bond donors (Lipinski definition) is 0. The molecule has 144 valence electrons. The summed E-state index contributed by atoms with van der Waals surface area (Å²) in [6.07, 6.45) is 6.74. The van der Waals surface area contributed by atoms with Crippen molar-refractivity contribution in [3.8, 4) is 0 Å². The number of nitrogens with zero attached hydrogens (tertiary/aromatic N) is 3. The molecule has 0 saturated heterocycles. The largest absolute Gasteiger partial charge is 0.336 e. The number of carbonyl (C=O) groups excluding carboxylic acids is 1. The Morgan fingerprint density at radius 1 is 1.07 bits per heavy atom. The lowest BCUT2D eigenvalue weighted by Gasteiger charge is -2.27. The van der Waals surface area contributed by atoms with Gasteiger partial charge in [-0.1, -0.05) is 46.9 Å². The van der Waals surface area contributed by atoms with Crippen LogP contribution in [0.3, 0.4) is 0 Å². The van der Waals surface area contributed by atoms with E-state index in [9.17, 15) is 4.79 Å². The Hall–Kier alpha value is -2.27. The van der Waals surface area contributed by atoms with E-state index in [4.69, 9.17) is 34.8 Å². The second kappa shape index (κ2) is 8.82. The lowest BCUT2D eigenvalue weighted by atomic mass is 10.0. The molecule has 0 aliphatic rings. The lowest BCUT2D eigenvalue weighted by Crippen LogP contribution is -2.32. The fourth-order valence-electron chi connectivity index (χ4n) is 2.92. The number of carbonyl (C=O) groups is 1. The summed E-state index contributed by atoms with van der Waals surface area (Å²) >= 11 is 18.1. The van der Waals surface area contributed by atoms with Crippen molar-refractivity contribution >= 4 is 46.8 Å². The summed E-state index contributed by atoms with van der Waals surface area (Å²) in [7, 11) is 3.64. The van der Waals surface area contributed by atoms with Gasteiger partial charge in [-0.05, 0) is 47.5 Å². The van der Waals surface area contributed by atoms with E-state index in [0.717, 1.165) is 17.0 Å². The van der Waals surface area contributed by atoms with Gasteiger partial charge in [0.1, 0.15) is 11.9 Å². The SMILES string of the molecule is CN(C(=O)/C=C/c1cc(Cl)cc(Cl)c1)C(c1ccc(Cl)cc1)c1nccn1C. The fraction of sp³-hybridized carbons (Fsp3) is 0.143. The molecule has 1 aromatic heterocycles. The van der Waals surface area contributed by atoms with Crippen LogP contribution in [0.1, 0.15) is 23.0 Å². The first-order chi connectivity index (χ1) is 13.3. The molecule has 1 heterocycles. The second-order valence-electron chi connectivity index (χ2n) is 6.34. The molecule has 0 N–H and O–H groups in total. The van der Waals surface area contributed by atoms with E-state index in [2.05, 4.69) is 4.98 Å². The predicted molar refractivity (Wildman–Crippen MR) is 115 cm³/mol. The van der Waals surface area contributed by atoms with E-state index >= 15 is 0 Å². The highest BCUT2D eigenvalue weighted by atomic mass is 35.5. The van der Waals surface area contributed by atoms with Gasteiger partial charge in [0.2, 0.25) is 5.91 Å². The molecule has 1 amide bonds. The minimum Gasteiger partial charge on any atom is -0.336 e. The number of aromatic nitrogens is 2. The number of rotatable bonds is 5. The van der Waals surface area contributed by atoms with Gasteiger partial charge in [-0.25, -0.2) is 4.98 Å².